The number of halogens is 2. The second-order valence-electron chi connectivity index (χ2n) is 7.37. The zero-order chi connectivity index (χ0) is 26.3. The number of nitrogens with one attached hydrogen (secondary N) is 3. The number of rotatable bonds is 9. The normalized spacial score (nSPS) is 11.8. The van der Waals surface area contributed by atoms with Crippen LogP contribution in [0.2, 0.25) is 10.0 Å². The smallest absolute Gasteiger partial charge is 0.266 e. The van der Waals surface area contributed by atoms with Crippen LogP contribution < -0.4 is 24.8 Å². The number of ether oxygens (including phenoxy) is 2. The first-order valence-electron chi connectivity index (χ1n) is 10.7. The second kappa shape index (κ2) is 12.3. The molecule has 8 nitrogen and oxygen atoms in total. The van der Waals surface area contributed by atoms with Gasteiger partial charge in [0.1, 0.15) is 11.5 Å². The molecule has 1 amide bonds. The molecule has 36 heavy (non-hydrogen) atoms. The molecule has 0 heterocycles. The van der Waals surface area contributed by atoms with Crippen LogP contribution in [-0.2, 0) is 14.8 Å². The van der Waals surface area contributed by atoms with Crippen LogP contribution in [0.25, 0.3) is 0 Å². The number of anilines is 2. The van der Waals surface area contributed by atoms with Crippen molar-refractivity contribution in [3.05, 3.63) is 76.8 Å². The predicted octanol–water partition coefficient (Wildman–Crippen LogP) is 5.47. The molecule has 0 radical (unpaired) electrons. The molecule has 1 atom stereocenters. The lowest BCUT2D eigenvalue weighted by Crippen LogP contribution is -2.42. The van der Waals surface area contributed by atoms with E-state index in [1.54, 1.807) is 43.3 Å². The highest BCUT2D eigenvalue weighted by molar-refractivity contribution is 7.92. The molecule has 0 bridgehead atoms. The van der Waals surface area contributed by atoms with E-state index in [-0.39, 0.29) is 15.0 Å². The molecule has 3 aromatic carbocycles. The highest BCUT2D eigenvalue weighted by Crippen LogP contribution is 2.28. The van der Waals surface area contributed by atoms with Crippen LogP contribution in [0.1, 0.15) is 13.8 Å². The fraction of sp³-hybridized carbons (Fsp3) is 0.167. The van der Waals surface area contributed by atoms with E-state index < -0.39 is 22.0 Å². The molecule has 3 aromatic rings. The van der Waals surface area contributed by atoms with Gasteiger partial charge in [0.15, 0.2) is 11.2 Å². The quantitative estimate of drug-likeness (QED) is 0.294. The summed E-state index contributed by atoms with van der Waals surface area (Å²) in [5.41, 5.74) is 0.885. The molecule has 0 aliphatic carbocycles. The first kappa shape index (κ1) is 27.5. The van der Waals surface area contributed by atoms with Crippen LogP contribution >= 0.6 is 35.4 Å². The van der Waals surface area contributed by atoms with Crippen molar-refractivity contribution in [3.63, 3.8) is 0 Å². The van der Waals surface area contributed by atoms with Crippen molar-refractivity contribution in [2.75, 3.05) is 16.6 Å². The monoisotopic (exact) mass is 567 g/mol. The summed E-state index contributed by atoms with van der Waals surface area (Å²) in [6.45, 7) is 3.92. The molecule has 3 rings (SSSR count). The Labute approximate surface area is 224 Å². The Bertz CT molecular complexity index is 1330. The summed E-state index contributed by atoms with van der Waals surface area (Å²) in [7, 11) is -3.81. The highest BCUT2D eigenvalue weighted by Gasteiger charge is 2.18. The van der Waals surface area contributed by atoms with Gasteiger partial charge >= 0.3 is 0 Å². The van der Waals surface area contributed by atoms with Gasteiger partial charge in [-0.25, -0.2) is 8.42 Å². The summed E-state index contributed by atoms with van der Waals surface area (Å²) in [4.78, 5) is 12.5. The fourth-order valence-corrected chi connectivity index (χ4v) is 4.64. The van der Waals surface area contributed by atoms with E-state index in [1.807, 2.05) is 6.92 Å². The molecule has 12 heteroatoms. The van der Waals surface area contributed by atoms with E-state index in [4.69, 9.17) is 44.9 Å². The number of thiocarbonyl (C=S) groups is 1. The number of hydrogen-bond acceptors (Lipinski definition) is 6. The molecule has 0 saturated heterocycles. The van der Waals surface area contributed by atoms with Crippen LogP contribution in [0.4, 0.5) is 11.4 Å². The third-order valence-corrected chi connectivity index (χ3v) is 6.78. The predicted molar refractivity (Wildman–Crippen MR) is 146 cm³/mol. The molecule has 190 valence electrons. The summed E-state index contributed by atoms with van der Waals surface area (Å²) < 4.78 is 38.8. The van der Waals surface area contributed by atoms with Gasteiger partial charge in [-0.2, -0.15) is 0 Å². The van der Waals surface area contributed by atoms with Crippen LogP contribution in [0.3, 0.4) is 0 Å². The van der Waals surface area contributed by atoms with Gasteiger partial charge < -0.3 is 14.8 Å². The minimum Gasteiger partial charge on any atom is -0.494 e. The summed E-state index contributed by atoms with van der Waals surface area (Å²) in [5, 5.41) is 6.08. The summed E-state index contributed by atoms with van der Waals surface area (Å²) in [6.07, 6.45) is -0.899. The topological polar surface area (TPSA) is 106 Å². The second-order valence-corrected chi connectivity index (χ2v) is 10.3. The minimum absolute atomic E-state index is 0.0146. The standard InChI is InChI=1S/C24H23Cl2N3O5S2/c1-3-33-19-9-5-18(6-10-19)29-36(31,32)20-11-7-17(8-12-20)27-24(35)28-23(30)15(2)34-22-13-4-16(25)14-21(22)26/h4-15,29H,3H2,1-2H3,(H2,27,28,30,35). The van der Waals surface area contributed by atoms with E-state index in [0.717, 1.165) is 0 Å². The number of benzene rings is 3. The van der Waals surface area contributed by atoms with Gasteiger partial charge in [0, 0.05) is 16.4 Å². The Balaban J connectivity index is 1.55. The molecule has 0 fully saturated rings. The van der Waals surface area contributed by atoms with Crippen LogP contribution in [0, 0.1) is 0 Å². The van der Waals surface area contributed by atoms with Gasteiger partial charge in [-0.1, -0.05) is 23.2 Å². The first-order valence-corrected chi connectivity index (χ1v) is 13.3. The van der Waals surface area contributed by atoms with E-state index in [9.17, 15) is 13.2 Å². The maximum absolute atomic E-state index is 12.7. The van der Waals surface area contributed by atoms with E-state index in [1.165, 1.54) is 30.3 Å². The molecule has 0 aromatic heterocycles. The van der Waals surface area contributed by atoms with Crippen molar-refractivity contribution >= 4 is 67.8 Å². The lowest BCUT2D eigenvalue weighted by molar-refractivity contribution is -0.125. The Hall–Kier alpha value is -3.05. The van der Waals surface area contributed by atoms with Crippen molar-refractivity contribution in [1.82, 2.24) is 5.32 Å². The van der Waals surface area contributed by atoms with Gasteiger partial charge in [-0.15, -0.1) is 0 Å². The third kappa shape index (κ3) is 7.72. The van der Waals surface area contributed by atoms with Gasteiger partial charge in [0.25, 0.3) is 15.9 Å². The van der Waals surface area contributed by atoms with Gasteiger partial charge in [0.2, 0.25) is 0 Å². The summed E-state index contributed by atoms with van der Waals surface area (Å²) in [6, 6.07) is 17.1. The van der Waals surface area contributed by atoms with E-state index >= 15 is 0 Å². The van der Waals surface area contributed by atoms with Gasteiger partial charge in [-0.3, -0.25) is 14.8 Å². The van der Waals surface area contributed by atoms with Crippen LogP contribution in [-0.4, -0.2) is 32.1 Å². The molecule has 1 unspecified atom stereocenters. The molecule has 0 saturated carbocycles. The molecule has 0 aliphatic rings. The Kier molecular flexibility index (Phi) is 9.38. The minimum atomic E-state index is -3.81. The zero-order valence-corrected chi connectivity index (χ0v) is 22.4. The molecule has 0 spiro atoms. The van der Waals surface area contributed by atoms with Crippen molar-refractivity contribution in [1.29, 1.82) is 0 Å². The van der Waals surface area contributed by atoms with Crippen LogP contribution in [0.15, 0.2) is 71.6 Å². The van der Waals surface area contributed by atoms with Crippen LogP contribution in [0.5, 0.6) is 11.5 Å². The lowest BCUT2D eigenvalue weighted by Gasteiger charge is -2.17. The maximum atomic E-state index is 12.7. The summed E-state index contributed by atoms with van der Waals surface area (Å²) >= 11 is 17.1. The maximum Gasteiger partial charge on any atom is 0.266 e. The van der Waals surface area contributed by atoms with Crippen molar-refractivity contribution in [2.45, 2.75) is 24.8 Å². The third-order valence-electron chi connectivity index (χ3n) is 4.64. The summed E-state index contributed by atoms with van der Waals surface area (Å²) in [5.74, 6) is 0.448. The number of sulfonamides is 1. The van der Waals surface area contributed by atoms with Crippen molar-refractivity contribution in [3.8, 4) is 11.5 Å². The number of carbonyl (C=O) groups is 1. The SMILES string of the molecule is CCOc1ccc(NS(=O)(=O)c2ccc(NC(=S)NC(=O)C(C)Oc3ccc(Cl)cc3Cl)cc2)cc1. The molecular weight excluding hydrogens is 545 g/mol. The average molecular weight is 569 g/mol. The highest BCUT2D eigenvalue weighted by atomic mass is 35.5. The molecular formula is C24H23Cl2N3O5S2. The average Bonchev–Trinajstić information content (AvgIpc) is 2.82. The van der Waals surface area contributed by atoms with Crippen molar-refractivity contribution < 1.29 is 22.7 Å². The Morgan fingerprint density at radius 3 is 2.25 bits per heavy atom. The molecule has 3 N–H and O–H groups in total. The number of carbonyl (C=O) groups excluding carboxylic acids is 1. The lowest BCUT2D eigenvalue weighted by atomic mass is 10.3. The zero-order valence-electron chi connectivity index (χ0n) is 19.2. The van der Waals surface area contributed by atoms with Crippen molar-refractivity contribution in [2.24, 2.45) is 0 Å². The van der Waals surface area contributed by atoms with Gasteiger partial charge in [-0.05, 0) is 92.8 Å². The largest absolute Gasteiger partial charge is 0.494 e. The molecule has 0 aliphatic heterocycles. The Morgan fingerprint density at radius 1 is 1.00 bits per heavy atom. The van der Waals surface area contributed by atoms with Gasteiger partial charge in [0.05, 0.1) is 16.5 Å². The Morgan fingerprint density at radius 2 is 1.64 bits per heavy atom. The number of amides is 1. The first-order chi connectivity index (χ1) is 17.1. The number of hydrogen-bond donors (Lipinski definition) is 3. The fourth-order valence-electron chi connectivity index (χ4n) is 2.91. The van der Waals surface area contributed by atoms with E-state index in [0.29, 0.717) is 34.5 Å². The van der Waals surface area contributed by atoms with E-state index in [2.05, 4.69) is 15.4 Å².